The predicted octanol–water partition coefficient (Wildman–Crippen LogP) is 4.94. The molecule has 1 rings (SSSR count). The van der Waals surface area contributed by atoms with Gasteiger partial charge in [-0.25, -0.2) is 0 Å². The van der Waals surface area contributed by atoms with E-state index >= 15 is 0 Å². The van der Waals surface area contributed by atoms with Gasteiger partial charge >= 0.3 is 0 Å². The third-order valence-electron chi connectivity index (χ3n) is 4.20. The van der Waals surface area contributed by atoms with Crippen molar-refractivity contribution in [3.8, 4) is 0 Å². The summed E-state index contributed by atoms with van der Waals surface area (Å²) in [6, 6.07) is 0. The van der Waals surface area contributed by atoms with Gasteiger partial charge in [-0.05, 0) is 16.6 Å². The van der Waals surface area contributed by atoms with Crippen molar-refractivity contribution < 1.29 is 4.43 Å². The van der Waals surface area contributed by atoms with E-state index in [0.29, 0.717) is 22.7 Å². The first-order valence-electron chi connectivity index (χ1n) is 6.90. The molecule has 0 aromatic rings. The standard InChI is InChI=1S/C14H29OSi/c1-11(2)16(12(3)4,13(5)6)15-14-9-7-8-10-14/h7,11-14H,8-10H2,1-6H3/q-1. The molecule has 1 aliphatic carbocycles. The van der Waals surface area contributed by atoms with Crippen molar-refractivity contribution in [3.63, 3.8) is 0 Å². The molecule has 0 bridgehead atoms. The highest BCUT2D eigenvalue weighted by Gasteiger charge is 2.46. The Morgan fingerprint density at radius 3 is 1.81 bits per heavy atom. The number of hydrogen-bond acceptors (Lipinski definition) is 1. The zero-order chi connectivity index (χ0) is 12.3. The smallest absolute Gasteiger partial charge is 0.200 e. The fourth-order valence-corrected chi connectivity index (χ4v) is 9.14. The summed E-state index contributed by atoms with van der Waals surface area (Å²) >= 11 is 0. The van der Waals surface area contributed by atoms with Crippen LogP contribution in [0.5, 0.6) is 0 Å². The van der Waals surface area contributed by atoms with Crippen LogP contribution in [-0.4, -0.2) is 14.4 Å². The van der Waals surface area contributed by atoms with Crippen LogP contribution in [-0.2, 0) is 4.43 Å². The largest absolute Gasteiger partial charge is 0.416 e. The van der Waals surface area contributed by atoms with Gasteiger partial charge in [0.05, 0.1) is 0 Å². The highest BCUT2D eigenvalue weighted by Crippen LogP contribution is 2.44. The van der Waals surface area contributed by atoms with Gasteiger partial charge in [0.2, 0.25) is 8.32 Å². The van der Waals surface area contributed by atoms with Crippen LogP contribution in [0.1, 0.15) is 60.8 Å². The molecule has 0 aromatic carbocycles. The van der Waals surface area contributed by atoms with Crippen LogP contribution < -0.4 is 0 Å². The molecule has 0 spiro atoms. The molecule has 1 atom stereocenters. The maximum Gasteiger partial charge on any atom is 0.200 e. The molecule has 0 N–H and O–H groups in total. The Morgan fingerprint density at radius 2 is 1.50 bits per heavy atom. The maximum atomic E-state index is 6.69. The Kier molecular flexibility index (Phi) is 5.05. The molecule has 96 valence electrons. The molecule has 0 aliphatic heterocycles. The van der Waals surface area contributed by atoms with Crippen LogP contribution >= 0.6 is 0 Å². The summed E-state index contributed by atoms with van der Waals surface area (Å²) in [4.78, 5) is 0. The molecular weight excluding hydrogens is 212 g/mol. The van der Waals surface area contributed by atoms with Gasteiger partial charge in [0.1, 0.15) is 0 Å². The first-order valence-corrected chi connectivity index (χ1v) is 9.04. The van der Waals surface area contributed by atoms with Crippen molar-refractivity contribution in [3.05, 3.63) is 6.42 Å². The SMILES string of the molecule is CC(C)[Si](OC1C[CH-]CC1)(C(C)C)C(C)C. The van der Waals surface area contributed by atoms with Gasteiger partial charge in [-0.1, -0.05) is 48.0 Å². The molecule has 1 nitrogen and oxygen atoms in total. The fourth-order valence-electron chi connectivity index (χ4n) is 3.53. The average molecular weight is 241 g/mol. The van der Waals surface area contributed by atoms with Gasteiger partial charge in [-0.3, -0.25) is 0 Å². The molecule has 1 saturated carbocycles. The van der Waals surface area contributed by atoms with Crippen LogP contribution in [0.4, 0.5) is 0 Å². The van der Waals surface area contributed by atoms with Crippen molar-refractivity contribution in [2.24, 2.45) is 0 Å². The molecular formula is C14H29OSi-. The molecule has 1 fully saturated rings. The Morgan fingerprint density at radius 1 is 1.00 bits per heavy atom. The van der Waals surface area contributed by atoms with E-state index in [1.807, 2.05) is 0 Å². The molecule has 1 unspecified atom stereocenters. The normalized spacial score (nSPS) is 22.7. The van der Waals surface area contributed by atoms with E-state index in [9.17, 15) is 0 Å². The van der Waals surface area contributed by atoms with E-state index in [0.717, 1.165) is 0 Å². The van der Waals surface area contributed by atoms with Crippen LogP contribution in [0.3, 0.4) is 0 Å². The third-order valence-corrected chi connectivity index (χ3v) is 10.4. The molecule has 1 aliphatic rings. The van der Waals surface area contributed by atoms with Gasteiger partial charge in [0.25, 0.3) is 0 Å². The van der Waals surface area contributed by atoms with Gasteiger partial charge in [-0.15, -0.1) is 0 Å². The fraction of sp³-hybridized carbons (Fsp3) is 0.929. The highest BCUT2D eigenvalue weighted by molar-refractivity contribution is 6.77. The van der Waals surface area contributed by atoms with Crippen molar-refractivity contribution in [2.45, 2.75) is 83.5 Å². The maximum absolute atomic E-state index is 6.69. The zero-order valence-electron chi connectivity index (χ0n) is 11.9. The van der Waals surface area contributed by atoms with Crippen molar-refractivity contribution >= 4 is 8.32 Å². The van der Waals surface area contributed by atoms with Crippen molar-refractivity contribution in [1.82, 2.24) is 0 Å². The minimum absolute atomic E-state index is 0.527. The zero-order valence-corrected chi connectivity index (χ0v) is 12.9. The number of rotatable bonds is 5. The van der Waals surface area contributed by atoms with E-state index in [-0.39, 0.29) is 0 Å². The summed E-state index contributed by atoms with van der Waals surface area (Å²) in [6.45, 7) is 14.2. The molecule has 0 radical (unpaired) electrons. The lowest BCUT2D eigenvalue weighted by Gasteiger charge is -2.44. The second kappa shape index (κ2) is 5.68. The highest BCUT2D eigenvalue weighted by atomic mass is 28.4. The van der Waals surface area contributed by atoms with Crippen molar-refractivity contribution in [1.29, 1.82) is 0 Å². The Bertz CT molecular complexity index is 183. The molecule has 2 heteroatoms. The topological polar surface area (TPSA) is 9.23 Å². The van der Waals surface area contributed by atoms with Gasteiger partial charge in [0.15, 0.2) is 0 Å². The minimum atomic E-state index is -1.61. The summed E-state index contributed by atoms with van der Waals surface area (Å²) in [5.41, 5.74) is 2.15. The average Bonchev–Trinajstić information content (AvgIpc) is 2.64. The molecule has 16 heavy (non-hydrogen) atoms. The van der Waals surface area contributed by atoms with E-state index in [4.69, 9.17) is 4.43 Å². The summed E-state index contributed by atoms with van der Waals surface area (Å²) < 4.78 is 6.69. The summed E-state index contributed by atoms with van der Waals surface area (Å²) in [5.74, 6) is 0. The van der Waals surface area contributed by atoms with Crippen molar-refractivity contribution in [2.75, 3.05) is 0 Å². The predicted molar refractivity (Wildman–Crippen MR) is 74.1 cm³/mol. The lowest BCUT2D eigenvalue weighted by molar-refractivity contribution is 0.183. The summed E-state index contributed by atoms with van der Waals surface area (Å²) in [5, 5.41) is 0. The van der Waals surface area contributed by atoms with E-state index in [2.05, 4.69) is 48.0 Å². The van der Waals surface area contributed by atoms with Crippen LogP contribution in [0, 0.1) is 6.42 Å². The molecule has 0 heterocycles. The number of hydrogen-bond donors (Lipinski definition) is 0. The van der Waals surface area contributed by atoms with Crippen LogP contribution in [0.25, 0.3) is 0 Å². The quantitative estimate of drug-likeness (QED) is 0.489. The monoisotopic (exact) mass is 241 g/mol. The van der Waals surface area contributed by atoms with E-state index in [1.165, 1.54) is 19.3 Å². The van der Waals surface area contributed by atoms with Gasteiger partial charge in [0, 0.05) is 6.10 Å². The first-order chi connectivity index (χ1) is 7.41. The second-order valence-corrected chi connectivity index (χ2v) is 11.6. The Balaban J connectivity index is 2.82. The first kappa shape index (κ1) is 14.2. The summed E-state index contributed by atoms with van der Waals surface area (Å²) in [7, 11) is -1.61. The van der Waals surface area contributed by atoms with E-state index in [1.54, 1.807) is 0 Å². The van der Waals surface area contributed by atoms with Gasteiger partial charge < -0.3 is 10.8 Å². The Hall–Kier alpha value is 0.177. The molecule has 0 saturated heterocycles. The Labute approximate surface area is 103 Å². The minimum Gasteiger partial charge on any atom is -0.416 e. The lowest BCUT2D eigenvalue weighted by atomic mass is 10.3. The van der Waals surface area contributed by atoms with Crippen LogP contribution in [0.2, 0.25) is 16.6 Å². The molecule has 0 amide bonds. The van der Waals surface area contributed by atoms with Crippen LogP contribution in [0.15, 0.2) is 0 Å². The van der Waals surface area contributed by atoms with E-state index < -0.39 is 8.32 Å². The second-order valence-electron chi connectivity index (χ2n) is 6.16. The summed E-state index contributed by atoms with van der Waals surface area (Å²) in [6.07, 6.45) is 6.61. The lowest BCUT2D eigenvalue weighted by Crippen LogP contribution is -2.49. The third kappa shape index (κ3) is 2.70. The molecule has 0 aromatic heterocycles. The van der Waals surface area contributed by atoms with Gasteiger partial charge in [-0.2, -0.15) is 12.8 Å².